The van der Waals surface area contributed by atoms with E-state index in [-0.39, 0.29) is 0 Å². The van der Waals surface area contributed by atoms with Gasteiger partial charge in [0.1, 0.15) is 0 Å². The summed E-state index contributed by atoms with van der Waals surface area (Å²) < 4.78 is 2.42. The third-order valence-corrected chi connectivity index (χ3v) is 1.49. The first-order valence-corrected chi connectivity index (χ1v) is 4.01. The summed E-state index contributed by atoms with van der Waals surface area (Å²) in [5.74, 6) is -0.733. The molecule has 0 radical (unpaired) electrons. The van der Waals surface area contributed by atoms with E-state index >= 15 is 0 Å². The highest BCUT2D eigenvalue weighted by atomic mass is 35.6. The molecule has 0 fully saturated rings. The molecule has 0 rings (SSSR count). The van der Waals surface area contributed by atoms with Gasteiger partial charge in [-0.25, -0.2) is 0 Å². The maximum absolute atomic E-state index is 10.8. The van der Waals surface area contributed by atoms with Gasteiger partial charge >= 0.3 is 0 Å². The molecule has 0 aromatic carbocycles. The summed E-state index contributed by atoms with van der Waals surface area (Å²) in [6, 6.07) is 0. The summed E-state index contributed by atoms with van der Waals surface area (Å²) in [7, 11) is 1.27. The molecule has 0 aliphatic carbocycles. The largest absolute Gasteiger partial charge is 0.365 e. The van der Waals surface area contributed by atoms with Crippen LogP contribution in [0.1, 0.15) is 0 Å². The van der Waals surface area contributed by atoms with Crippen molar-refractivity contribution in [1.29, 1.82) is 0 Å². The lowest BCUT2D eigenvalue weighted by molar-refractivity contribution is -0.114. The minimum absolute atomic E-state index is 0.733. The lowest BCUT2D eigenvalue weighted by atomic mass is 10.4. The molecule has 1 N–H and O–H groups in total. The summed E-state index contributed by atoms with van der Waals surface area (Å²) in [5.41, 5.74) is 0. The van der Waals surface area contributed by atoms with Crippen molar-refractivity contribution in [3.63, 3.8) is 0 Å². The highest BCUT2D eigenvalue weighted by Gasteiger charge is 2.27. The van der Waals surface area contributed by atoms with E-state index in [4.69, 9.17) is 39.9 Å². The third kappa shape index (κ3) is 4.95. The van der Waals surface area contributed by atoms with Crippen molar-refractivity contribution >= 4 is 40.6 Å². The van der Waals surface area contributed by atoms with Crippen molar-refractivity contribution in [3.05, 3.63) is 12.2 Å². The van der Waals surface area contributed by atoms with E-state index < -0.39 is 15.9 Å². The number of hydrogen-bond acceptors (Lipinski definition) is 3. The molecule has 3 nitrogen and oxygen atoms in total. The molecule has 0 bridgehead atoms. The molecule has 0 amide bonds. The zero-order valence-corrected chi connectivity index (χ0v) is 8.40. The highest BCUT2D eigenvalue weighted by molar-refractivity contribution is 6.77. The zero-order chi connectivity index (χ0) is 9.78. The Balaban J connectivity index is 4.10. The highest BCUT2D eigenvalue weighted by Crippen LogP contribution is 2.27. The Kier molecular flexibility index (Phi) is 5.13. The Hall–Kier alpha value is 0.200. The van der Waals surface area contributed by atoms with Crippen LogP contribution in [0, 0.1) is 0 Å². The predicted octanol–water partition coefficient (Wildman–Crippen LogP) is 1.45. The molecule has 0 aromatic heterocycles. The van der Waals surface area contributed by atoms with Crippen LogP contribution in [0.5, 0.6) is 0 Å². The van der Waals surface area contributed by atoms with Crippen LogP contribution in [-0.4, -0.2) is 28.1 Å². The quantitative estimate of drug-likeness (QED) is 0.456. The second-order valence-corrected chi connectivity index (χ2v) is 4.13. The number of halogens is 3. The third-order valence-electron chi connectivity index (χ3n) is 0.933. The van der Waals surface area contributed by atoms with Crippen LogP contribution in [0.15, 0.2) is 12.2 Å². The van der Waals surface area contributed by atoms with Crippen LogP contribution in [0.25, 0.3) is 0 Å². The Morgan fingerprint density at radius 3 is 2.42 bits per heavy atom. The molecule has 0 aromatic rings. The number of carbonyl (C=O) groups excluding carboxylic acids is 1. The predicted molar refractivity (Wildman–Crippen MR) is 47.5 cm³/mol. The van der Waals surface area contributed by atoms with Crippen molar-refractivity contribution in [2.75, 3.05) is 7.11 Å². The maximum atomic E-state index is 10.8. The van der Waals surface area contributed by atoms with E-state index in [1.54, 1.807) is 0 Å². The standard InChI is InChI=1S/C6H7Cl3O3/c1-12-5(11)3-2-4(10)6(7,8)9/h2-3,5,11H,1H3. The van der Waals surface area contributed by atoms with Gasteiger partial charge in [0.15, 0.2) is 6.29 Å². The van der Waals surface area contributed by atoms with Crippen molar-refractivity contribution in [2.45, 2.75) is 10.1 Å². The summed E-state index contributed by atoms with van der Waals surface area (Å²) in [5, 5.41) is 8.78. The smallest absolute Gasteiger partial charge is 0.252 e. The Bertz CT molecular complexity index is 185. The van der Waals surface area contributed by atoms with Crippen molar-refractivity contribution < 1.29 is 14.6 Å². The number of allylic oxidation sites excluding steroid dienone is 1. The number of rotatable bonds is 3. The van der Waals surface area contributed by atoms with Gasteiger partial charge in [0, 0.05) is 7.11 Å². The van der Waals surface area contributed by atoms with E-state index in [9.17, 15) is 4.79 Å². The molecule has 6 heteroatoms. The first-order chi connectivity index (χ1) is 5.38. The van der Waals surface area contributed by atoms with E-state index in [0.29, 0.717) is 0 Å². The van der Waals surface area contributed by atoms with Crippen molar-refractivity contribution in [3.8, 4) is 0 Å². The van der Waals surface area contributed by atoms with E-state index in [1.807, 2.05) is 0 Å². The van der Waals surface area contributed by atoms with Crippen LogP contribution >= 0.6 is 34.8 Å². The number of methoxy groups -OCH3 is 1. The number of aliphatic hydroxyl groups is 1. The molecule has 70 valence electrons. The second kappa shape index (κ2) is 5.04. The summed E-state index contributed by atoms with van der Waals surface area (Å²) >= 11 is 15.7. The first-order valence-electron chi connectivity index (χ1n) is 2.88. The van der Waals surface area contributed by atoms with E-state index in [1.165, 1.54) is 7.11 Å². The van der Waals surface area contributed by atoms with Gasteiger partial charge in [-0.15, -0.1) is 0 Å². The van der Waals surface area contributed by atoms with Crippen LogP contribution in [-0.2, 0) is 9.53 Å². The SMILES string of the molecule is COC(O)C=CC(=O)C(Cl)(Cl)Cl. The molecule has 0 aliphatic rings. The summed E-state index contributed by atoms with van der Waals surface area (Å²) in [4.78, 5) is 10.8. The number of aliphatic hydroxyl groups excluding tert-OH is 1. The van der Waals surface area contributed by atoms with Crippen LogP contribution in [0.4, 0.5) is 0 Å². The fourth-order valence-electron chi connectivity index (χ4n) is 0.343. The van der Waals surface area contributed by atoms with Gasteiger partial charge < -0.3 is 9.84 Å². The molecule has 0 saturated carbocycles. The average Bonchev–Trinajstić information content (AvgIpc) is 1.97. The first kappa shape index (κ1) is 12.2. The van der Waals surface area contributed by atoms with Gasteiger partial charge in [0.05, 0.1) is 0 Å². The number of ketones is 1. The normalized spacial score (nSPS) is 15.1. The molecule has 0 spiro atoms. The van der Waals surface area contributed by atoms with Crippen LogP contribution < -0.4 is 0 Å². The minimum atomic E-state index is -1.98. The van der Waals surface area contributed by atoms with Gasteiger partial charge in [-0.1, -0.05) is 34.8 Å². The Labute approximate surface area is 84.9 Å². The lowest BCUT2D eigenvalue weighted by Gasteiger charge is -2.05. The van der Waals surface area contributed by atoms with Gasteiger partial charge in [0.2, 0.25) is 5.78 Å². The van der Waals surface area contributed by atoms with Gasteiger partial charge in [-0.05, 0) is 12.2 Å². The molecular weight excluding hydrogens is 226 g/mol. The number of carbonyl (C=O) groups is 1. The topological polar surface area (TPSA) is 46.5 Å². The summed E-state index contributed by atoms with van der Waals surface area (Å²) in [6.45, 7) is 0. The van der Waals surface area contributed by atoms with Crippen molar-refractivity contribution in [1.82, 2.24) is 0 Å². The number of alkyl halides is 3. The molecule has 1 atom stereocenters. The van der Waals surface area contributed by atoms with E-state index in [0.717, 1.165) is 12.2 Å². The van der Waals surface area contributed by atoms with Gasteiger partial charge in [-0.2, -0.15) is 0 Å². The molecule has 0 aliphatic heterocycles. The monoisotopic (exact) mass is 232 g/mol. The summed E-state index contributed by atoms with van der Waals surface area (Å²) in [6.07, 6.45) is 0.854. The molecule has 12 heavy (non-hydrogen) atoms. The fraction of sp³-hybridized carbons (Fsp3) is 0.500. The fourth-order valence-corrected chi connectivity index (χ4v) is 0.532. The van der Waals surface area contributed by atoms with Gasteiger partial charge in [-0.3, -0.25) is 4.79 Å². The molecule has 0 saturated heterocycles. The maximum Gasteiger partial charge on any atom is 0.252 e. The Morgan fingerprint density at radius 1 is 1.58 bits per heavy atom. The lowest BCUT2D eigenvalue weighted by Crippen LogP contribution is -2.16. The number of ether oxygens (including phenoxy) is 1. The van der Waals surface area contributed by atoms with Crippen LogP contribution in [0.3, 0.4) is 0 Å². The van der Waals surface area contributed by atoms with E-state index in [2.05, 4.69) is 4.74 Å². The molecule has 1 unspecified atom stereocenters. The van der Waals surface area contributed by atoms with Gasteiger partial charge in [0.25, 0.3) is 3.79 Å². The molecular formula is C6H7Cl3O3. The minimum Gasteiger partial charge on any atom is -0.365 e. The number of hydrogen-bond donors (Lipinski definition) is 1. The van der Waals surface area contributed by atoms with Crippen molar-refractivity contribution in [2.24, 2.45) is 0 Å². The van der Waals surface area contributed by atoms with Crippen LogP contribution in [0.2, 0.25) is 0 Å². The molecule has 0 heterocycles. The second-order valence-electron chi connectivity index (χ2n) is 1.85. The average molecular weight is 233 g/mol. The zero-order valence-electron chi connectivity index (χ0n) is 6.13. The Morgan fingerprint density at radius 2 is 2.08 bits per heavy atom.